The van der Waals surface area contributed by atoms with Gasteiger partial charge in [0.05, 0.1) is 0 Å². The van der Waals surface area contributed by atoms with Crippen LogP contribution in [-0.4, -0.2) is 0 Å². The van der Waals surface area contributed by atoms with Crippen molar-refractivity contribution in [2.45, 2.75) is 34.1 Å². The predicted octanol–water partition coefficient (Wildman–Crippen LogP) is 5.24. The van der Waals surface area contributed by atoms with Gasteiger partial charge in [0.2, 0.25) is 0 Å². The Labute approximate surface area is 115 Å². The summed E-state index contributed by atoms with van der Waals surface area (Å²) in [6.07, 6.45) is 3.45. The van der Waals surface area contributed by atoms with Gasteiger partial charge in [0.15, 0.2) is 0 Å². The zero-order valence-electron chi connectivity index (χ0n) is 12.2. The highest BCUT2D eigenvalue weighted by atomic mass is 14.2. The highest BCUT2D eigenvalue weighted by Gasteiger charge is 2.15. The molecule has 0 unspecified atom stereocenters. The number of rotatable bonds is 1. The van der Waals surface area contributed by atoms with Gasteiger partial charge < -0.3 is 0 Å². The lowest BCUT2D eigenvalue weighted by Crippen LogP contribution is -1.92. The van der Waals surface area contributed by atoms with Crippen LogP contribution < -0.4 is 0 Å². The van der Waals surface area contributed by atoms with Gasteiger partial charge in [-0.05, 0) is 73.1 Å². The van der Waals surface area contributed by atoms with Gasteiger partial charge in [0.25, 0.3) is 0 Å². The molecule has 0 aromatic heterocycles. The molecular weight excluding hydrogens is 228 g/mol. The van der Waals surface area contributed by atoms with E-state index in [0.717, 1.165) is 6.42 Å². The van der Waals surface area contributed by atoms with Gasteiger partial charge in [-0.3, -0.25) is 0 Å². The van der Waals surface area contributed by atoms with Crippen molar-refractivity contribution < 1.29 is 0 Å². The Bertz CT molecular complexity index is 687. The van der Waals surface area contributed by atoms with Crippen LogP contribution in [0.5, 0.6) is 0 Å². The highest BCUT2D eigenvalue weighted by molar-refractivity contribution is 5.82. The molecule has 0 fully saturated rings. The maximum absolute atomic E-state index is 2.35. The van der Waals surface area contributed by atoms with Gasteiger partial charge in [-0.1, -0.05) is 42.0 Å². The maximum atomic E-state index is 2.35. The van der Waals surface area contributed by atoms with Crippen LogP contribution in [0.25, 0.3) is 17.2 Å². The molecule has 0 heteroatoms. The third-order valence-corrected chi connectivity index (χ3v) is 4.19. The van der Waals surface area contributed by atoms with Gasteiger partial charge in [0, 0.05) is 0 Å². The molecule has 0 nitrogen and oxygen atoms in total. The van der Waals surface area contributed by atoms with Crippen molar-refractivity contribution in [2.75, 3.05) is 0 Å². The minimum Gasteiger partial charge on any atom is -0.0683 e. The minimum atomic E-state index is 1.10. The van der Waals surface area contributed by atoms with Crippen LogP contribution in [0.4, 0.5) is 0 Å². The summed E-state index contributed by atoms with van der Waals surface area (Å²) in [7, 11) is 0. The number of benzene rings is 2. The van der Waals surface area contributed by atoms with Crippen molar-refractivity contribution >= 4 is 6.08 Å². The number of fused-ring (bicyclic) bond motifs is 1. The molecule has 0 radical (unpaired) electrons. The molecule has 0 saturated carbocycles. The summed E-state index contributed by atoms with van der Waals surface area (Å²) in [6.45, 7) is 8.82. The van der Waals surface area contributed by atoms with Gasteiger partial charge in [-0.2, -0.15) is 0 Å². The molecule has 0 amide bonds. The molecule has 0 aliphatic heterocycles. The molecule has 3 rings (SSSR count). The molecule has 96 valence electrons. The lowest BCUT2D eigenvalue weighted by atomic mass is 9.91. The third-order valence-electron chi connectivity index (χ3n) is 4.19. The van der Waals surface area contributed by atoms with Crippen molar-refractivity contribution in [1.29, 1.82) is 0 Å². The standard InChI is InChI=1S/C19H20/c1-12-8-16-6-5-7-17(19(16)9-12)18-11-14(3)13(2)10-15(18)4/h5-7,9-11H,8H2,1-4H3. The van der Waals surface area contributed by atoms with E-state index in [-0.39, 0.29) is 0 Å². The average molecular weight is 248 g/mol. The quantitative estimate of drug-likeness (QED) is 0.647. The Kier molecular flexibility index (Phi) is 2.82. The van der Waals surface area contributed by atoms with E-state index >= 15 is 0 Å². The number of aryl methyl sites for hydroxylation is 3. The molecule has 2 aromatic rings. The molecule has 0 N–H and O–H groups in total. The Hall–Kier alpha value is -1.82. The van der Waals surface area contributed by atoms with E-state index in [1.807, 2.05) is 0 Å². The Balaban J connectivity index is 2.24. The molecule has 0 atom stereocenters. The number of allylic oxidation sites excluding steroid dienone is 1. The Morgan fingerprint density at radius 2 is 1.53 bits per heavy atom. The second kappa shape index (κ2) is 4.38. The van der Waals surface area contributed by atoms with Gasteiger partial charge in [0.1, 0.15) is 0 Å². The van der Waals surface area contributed by atoms with Crippen LogP contribution in [0.1, 0.15) is 34.7 Å². The third kappa shape index (κ3) is 2.02. The fraction of sp³-hybridized carbons (Fsp3) is 0.263. The first-order chi connectivity index (χ1) is 9.06. The zero-order chi connectivity index (χ0) is 13.6. The van der Waals surface area contributed by atoms with Crippen LogP contribution >= 0.6 is 0 Å². The Morgan fingerprint density at radius 1 is 0.789 bits per heavy atom. The lowest BCUT2D eigenvalue weighted by Gasteiger charge is -2.13. The van der Waals surface area contributed by atoms with Crippen LogP contribution in [-0.2, 0) is 6.42 Å². The maximum Gasteiger partial charge on any atom is -0.00604 e. The normalized spacial score (nSPS) is 13.4. The van der Waals surface area contributed by atoms with E-state index in [0.29, 0.717) is 0 Å². The van der Waals surface area contributed by atoms with Crippen LogP contribution in [0.2, 0.25) is 0 Å². The van der Waals surface area contributed by atoms with Crippen molar-refractivity contribution in [2.24, 2.45) is 0 Å². The zero-order valence-corrected chi connectivity index (χ0v) is 12.2. The predicted molar refractivity (Wildman–Crippen MR) is 83.4 cm³/mol. The van der Waals surface area contributed by atoms with E-state index in [1.54, 1.807) is 0 Å². The van der Waals surface area contributed by atoms with Crippen LogP contribution in [0, 0.1) is 20.8 Å². The van der Waals surface area contributed by atoms with Crippen molar-refractivity contribution in [3.05, 3.63) is 63.7 Å². The van der Waals surface area contributed by atoms with Crippen LogP contribution in [0.3, 0.4) is 0 Å². The average Bonchev–Trinajstić information content (AvgIpc) is 2.74. The Morgan fingerprint density at radius 3 is 2.32 bits per heavy atom. The largest absolute Gasteiger partial charge is 0.0683 e. The van der Waals surface area contributed by atoms with Crippen LogP contribution in [0.15, 0.2) is 35.9 Å². The summed E-state index contributed by atoms with van der Waals surface area (Å²) in [5.74, 6) is 0. The van der Waals surface area contributed by atoms with Gasteiger partial charge >= 0.3 is 0 Å². The molecule has 2 aromatic carbocycles. The molecule has 1 aliphatic carbocycles. The molecular formula is C19H20. The molecule has 0 saturated heterocycles. The first-order valence-electron chi connectivity index (χ1n) is 6.93. The summed E-state index contributed by atoms with van der Waals surface area (Å²) in [4.78, 5) is 0. The second-order valence-corrected chi connectivity index (χ2v) is 5.80. The van der Waals surface area contributed by atoms with Gasteiger partial charge in [-0.25, -0.2) is 0 Å². The summed E-state index contributed by atoms with van der Waals surface area (Å²) < 4.78 is 0. The lowest BCUT2D eigenvalue weighted by molar-refractivity contribution is 1.19. The van der Waals surface area contributed by atoms with Crippen molar-refractivity contribution in [3.63, 3.8) is 0 Å². The smallest absolute Gasteiger partial charge is 0.00604 e. The SMILES string of the molecule is CC1=Cc2c(cccc2-c2cc(C)c(C)cc2C)C1. The topological polar surface area (TPSA) is 0 Å². The number of hydrogen-bond acceptors (Lipinski definition) is 0. The summed E-state index contributed by atoms with van der Waals surface area (Å²) in [5.41, 5.74) is 11.2. The summed E-state index contributed by atoms with van der Waals surface area (Å²) >= 11 is 0. The molecule has 0 bridgehead atoms. The van der Waals surface area contributed by atoms with Crippen molar-refractivity contribution in [3.8, 4) is 11.1 Å². The molecule has 0 spiro atoms. The first-order valence-corrected chi connectivity index (χ1v) is 6.93. The summed E-state index contributed by atoms with van der Waals surface area (Å²) in [6, 6.07) is 11.3. The van der Waals surface area contributed by atoms with Crippen molar-refractivity contribution in [1.82, 2.24) is 0 Å². The van der Waals surface area contributed by atoms with E-state index in [9.17, 15) is 0 Å². The number of hydrogen-bond donors (Lipinski definition) is 0. The minimum absolute atomic E-state index is 1.10. The summed E-state index contributed by atoms with van der Waals surface area (Å²) in [5, 5.41) is 0. The molecule has 0 heterocycles. The monoisotopic (exact) mass is 248 g/mol. The molecule has 19 heavy (non-hydrogen) atoms. The first kappa shape index (κ1) is 12.2. The van der Waals surface area contributed by atoms with E-state index in [2.05, 4.69) is 64.1 Å². The van der Waals surface area contributed by atoms with Gasteiger partial charge in [-0.15, -0.1) is 0 Å². The fourth-order valence-electron chi connectivity index (χ4n) is 3.02. The van der Waals surface area contributed by atoms with E-state index in [1.165, 1.54) is 44.5 Å². The molecule has 1 aliphatic rings. The fourth-order valence-corrected chi connectivity index (χ4v) is 3.02. The van der Waals surface area contributed by atoms with E-state index < -0.39 is 0 Å². The van der Waals surface area contributed by atoms with E-state index in [4.69, 9.17) is 0 Å². The highest BCUT2D eigenvalue weighted by Crippen LogP contribution is 2.36. The second-order valence-electron chi connectivity index (χ2n) is 5.80.